The number of amides is 2. The molecule has 30 heavy (non-hydrogen) atoms. The number of para-hydroxylation sites is 1. The summed E-state index contributed by atoms with van der Waals surface area (Å²) in [4.78, 5) is 27.1. The largest absolute Gasteiger partial charge is 0.339 e. The minimum absolute atomic E-state index is 0.195. The van der Waals surface area contributed by atoms with Gasteiger partial charge >= 0.3 is 0 Å². The quantitative estimate of drug-likeness (QED) is 0.605. The van der Waals surface area contributed by atoms with Crippen LogP contribution in [0.1, 0.15) is 29.8 Å². The third-order valence-electron chi connectivity index (χ3n) is 4.60. The number of benzene rings is 2. The third-order valence-corrected chi connectivity index (χ3v) is 6.63. The van der Waals surface area contributed by atoms with Gasteiger partial charge in [-0.2, -0.15) is 0 Å². The molecule has 2 amide bonds. The summed E-state index contributed by atoms with van der Waals surface area (Å²) >= 11 is 3.39. The summed E-state index contributed by atoms with van der Waals surface area (Å²) in [5.41, 5.74) is 1.94. The van der Waals surface area contributed by atoms with E-state index in [1.165, 1.54) is 0 Å². The molecule has 1 N–H and O–H groups in total. The van der Waals surface area contributed by atoms with Crippen LogP contribution in [0.4, 0.5) is 11.4 Å². The van der Waals surface area contributed by atoms with E-state index in [0.29, 0.717) is 30.0 Å². The first-order valence-electron chi connectivity index (χ1n) is 9.50. The molecule has 0 aliphatic carbocycles. The number of carbonyl (C=O) groups is 2. The number of anilines is 2. The number of carbonyl (C=O) groups excluding carboxylic acids is 2. The van der Waals surface area contributed by atoms with E-state index >= 15 is 0 Å². The molecule has 0 bridgehead atoms. The van der Waals surface area contributed by atoms with E-state index in [1.54, 1.807) is 47.4 Å². The highest BCUT2D eigenvalue weighted by atomic mass is 79.9. The van der Waals surface area contributed by atoms with Crippen molar-refractivity contribution in [3.8, 4) is 0 Å². The number of rotatable bonds is 8. The zero-order valence-corrected chi connectivity index (χ0v) is 19.9. The Bertz CT molecular complexity index is 1040. The number of sulfonamides is 1. The maximum atomic E-state index is 12.7. The molecule has 0 fully saturated rings. The molecular formula is C21H26BrN3O4S. The highest BCUT2D eigenvalue weighted by Crippen LogP contribution is 2.25. The summed E-state index contributed by atoms with van der Waals surface area (Å²) in [6.07, 6.45) is 1.05. The van der Waals surface area contributed by atoms with Crippen molar-refractivity contribution in [3.05, 3.63) is 58.1 Å². The first kappa shape index (κ1) is 23.9. The van der Waals surface area contributed by atoms with E-state index in [9.17, 15) is 18.0 Å². The lowest BCUT2D eigenvalue weighted by atomic mass is 10.1. The van der Waals surface area contributed by atoms with Crippen LogP contribution in [0.2, 0.25) is 0 Å². The average molecular weight is 496 g/mol. The third kappa shape index (κ3) is 5.82. The van der Waals surface area contributed by atoms with Crippen LogP contribution in [0.15, 0.2) is 46.9 Å². The summed E-state index contributed by atoms with van der Waals surface area (Å²) < 4.78 is 26.5. The smallest absolute Gasteiger partial charge is 0.255 e. The van der Waals surface area contributed by atoms with E-state index in [2.05, 4.69) is 21.2 Å². The van der Waals surface area contributed by atoms with Crippen molar-refractivity contribution in [2.24, 2.45) is 0 Å². The summed E-state index contributed by atoms with van der Waals surface area (Å²) in [5, 5.41) is 2.69. The minimum Gasteiger partial charge on any atom is -0.339 e. The SMILES string of the molecule is CCN(CC)C(=O)c1ccccc1NC(=O)CN(c1ccc(Br)c(C)c1)S(C)(=O)=O. The Hall–Kier alpha value is -2.39. The second-order valence-electron chi connectivity index (χ2n) is 6.77. The molecule has 162 valence electrons. The highest BCUT2D eigenvalue weighted by Gasteiger charge is 2.23. The van der Waals surface area contributed by atoms with Gasteiger partial charge in [0.2, 0.25) is 15.9 Å². The van der Waals surface area contributed by atoms with Gasteiger partial charge in [0.1, 0.15) is 6.54 Å². The molecule has 0 atom stereocenters. The lowest BCUT2D eigenvalue weighted by Gasteiger charge is -2.23. The van der Waals surface area contributed by atoms with Crippen molar-refractivity contribution in [1.82, 2.24) is 4.90 Å². The van der Waals surface area contributed by atoms with Crippen molar-refractivity contribution >= 4 is 49.1 Å². The number of nitrogens with zero attached hydrogens (tertiary/aromatic N) is 2. The monoisotopic (exact) mass is 495 g/mol. The first-order chi connectivity index (χ1) is 14.1. The van der Waals surface area contributed by atoms with Crippen LogP contribution in [0.3, 0.4) is 0 Å². The number of hydrogen-bond acceptors (Lipinski definition) is 4. The van der Waals surface area contributed by atoms with E-state index in [-0.39, 0.29) is 5.91 Å². The van der Waals surface area contributed by atoms with Gasteiger partial charge in [0.05, 0.1) is 23.2 Å². The van der Waals surface area contributed by atoms with Gasteiger partial charge in [0.15, 0.2) is 0 Å². The van der Waals surface area contributed by atoms with Crippen LogP contribution in [0.5, 0.6) is 0 Å². The summed E-state index contributed by atoms with van der Waals surface area (Å²) in [6, 6.07) is 11.8. The fourth-order valence-electron chi connectivity index (χ4n) is 2.96. The number of aryl methyl sites for hydroxylation is 1. The molecule has 0 unspecified atom stereocenters. The molecule has 0 aliphatic heterocycles. The van der Waals surface area contributed by atoms with Gasteiger partial charge < -0.3 is 10.2 Å². The molecule has 0 spiro atoms. The van der Waals surface area contributed by atoms with Gasteiger partial charge in [-0.25, -0.2) is 8.42 Å². The highest BCUT2D eigenvalue weighted by molar-refractivity contribution is 9.10. The Labute approximate surface area is 186 Å². The molecule has 2 aromatic carbocycles. The summed E-state index contributed by atoms with van der Waals surface area (Å²) in [5.74, 6) is -0.736. The second kappa shape index (κ2) is 10.1. The molecule has 0 saturated carbocycles. The zero-order chi connectivity index (χ0) is 22.5. The first-order valence-corrected chi connectivity index (χ1v) is 12.1. The van der Waals surface area contributed by atoms with Crippen LogP contribution < -0.4 is 9.62 Å². The van der Waals surface area contributed by atoms with Gasteiger partial charge in [-0.3, -0.25) is 13.9 Å². The van der Waals surface area contributed by atoms with Gasteiger partial charge in [0, 0.05) is 17.6 Å². The van der Waals surface area contributed by atoms with Crippen molar-refractivity contribution in [1.29, 1.82) is 0 Å². The molecule has 7 nitrogen and oxygen atoms in total. The van der Waals surface area contributed by atoms with Crippen LogP contribution >= 0.6 is 15.9 Å². The van der Waals surface area contributed by atoms with Crippen molar-refractivity contribution in [3.63, 3.8) is 0 Å². The molecule has 0 aromatic heterocycles. The van der Waals surface area contributed by atoms with Crippen LogP contribution in [-0.4, -0.2) is 51.0 Å². The van der Waals surface area contributed by atoms with E-state index in [4.69, 9.17) is 0 Å². The molecule has 0 aliphatic rings. The number of hydrogen-bond donors (Lipinski definition) is 1. The Kier molecular flexibility index (Phi) is 8.03. The van der Waals surface area contributed by atoms with Crippen LogP contribution in [0.25, 0.3) is 0 Å². The average Bonchev–Trinajstić information content (AvgIpc) is 2.69. The lowest BCUT2D eigenvalue weighted by Crippen LogP contribution is -2.38. The molecule has 9 heteroatoms. The van der Waals surface area contributed by atoms with E-state index in [1.807, 2.05) is 20.8 Å². The molecule has 2 aromatic rings. The van der Waals surface area contributed by atoms with Crippen LogP contribution in [-0.2, 0) is 14.8 Å². The molecule has 0 heterocycles. The summed E-state index contributed by atoms with van der Waals surface area (Å²) in [6.45, 7) is 6.28. The van der Waals surface area contributed by atoms with Gasteiger partial charge in [-0.1, -0.05) is 28.1 Å². The maximum absolute atomic E-state index is 12.7. The van der Waals surface area contributed by atoms with Crippen molar-refractivity contribution in [2.75, 3.05) is 35.5 Å². The minimum atomic E-state index is -3.70. The van der Waals surface area contributed by atoms with E-state index < -0.39 is 22.5 Å². The van der Waals surface area contributed by atoms with Gasteiger partial charge in [-0.05, 0) is 56.7 Å². The predicted octanol–water partition coefficient (Wildman–Crippen LogP) is 3.64. The van der Waals surface area contributed by atoms with E-state index in [0.717, 1.165) is 20.6 Å². The predicted molar refractivity (Wildman–Crippen MR) is 123 cm³/mol. The van der Waals surface area contributed by atoms with Crippen molar-refractivity contribution in [2.45, 2.75) is 20.8 Å². The summed E-state index contributed by atoms with van der Waals surface area (Å²) in [7, 11) is -3.70. The molecule has 2 rings (SSSR count). The topological polar surface area (TPSA) is 86.8 Å². The molecule has 0 saturated heterocycles. The fourth-order valence-corrected chi connectivity index (χ4v) is 4.06. The molecular weight excluding hydrogens is 470 g/mol. The Balaban J connectivity index is 2.29. The van der Waals surface area contributed by atoms with Gasteiger partial charge in [0.25, 0.3) is 5.91 Å². The maximum Gasteiger partial charge on any atom is 0.255 e. The van der Waals surface area contributed by atoms with Crippen molar-refractivity contribution < 1.29 is 18.0 Å². The Morgan fingerprint density at radius 3 is 2.27 bits per heavy atom. The standard InChI is InChI=1S/C21H26BrN3O4S/c1-5-24(6-2)21(27)17-9-7-8-10-19(17)23-20(26)14-25(30(4,28)29)16-11-12-18(22)15(3)13-16/h7-13H,5-6,14H2,1-4H3,(H,23,26). The zero-order valence-electron chi connectivity index (χ0n) is 17.5. The van der Waals surface area contributed by atoms with Gasteiger partial charge in [-0.15, -0.1) is 0 Å². The fraction of sp³-hybridized carbons (Fsp3) is 0.333. The normalized spacial score (nSPS) is 11.1. The Morgan fingerprint density at radius 1 is 1.07 bits per heavy atom. The second-order valence-corrected chi connectivity index (χ2v) is 9.54. The van der Waals surface area contributed by atoms with Crippen LogP contribution in [0, 0.1) is 6.92 Å². The Morgan fingerprint density at radius 2 is 1.70 bits per heavy atom. The number of halogens is 1. The number of nitrogens with one attached hydrogen (secondary N) is 1. The molecule has 0 radical (unpaired) electrons. The lowest BCUT2D eigenvalue weighted by molar-refractivity contribution is -0.114.